The highest BCUT2D eigenvalue weighted by atomic mass is 32.1. The lowest BCUT2D eigenvalue weighted by molar-refractivity contribution is -0.146. The molecule has 244 valence electrons. The van der Waals surface area contributed by atoms with Gasteiger partial charge < -0.3 is 24.1 Å². The predicted molar refractivity (Wildman–Crippen MR) is 171 cm³/mol. The third-order valence-electron chi connectivity index (χ3n) is 10.5. The standard InChI is InChI=1S/C34H39N3O8S/c1-18-26-29(38)37(33(2,3)31(39)40)32(41)36(30(26)46-27(18)28-35-11-12-44-28)17-25(23-7-5-6-8-24(23)43-4)45-22-13-19-15-34(42,21-9-10-21)16-20(19)14-22/h5-8,11-12,19-22,25,42H,9-10,13-17H2,1-4H3,(H,39,40). The van der Waals surface area contributed by atoms with Crippen LogP contribution in [0.3, 0.4) is 0 Å². The van der Waals surface area contributed by atoms with E-state index in [1.807, 2.05) is 24.3 Å². The molecule has 1 aromatic carbocycles. The minimum Gasteiger partial charge on any atom is -0.496 e. The number of methoxy groups -OCH3 is 1. The molecule has 3 heterocycles. The van der Waals surface area contributed by atoms with E-state index in [1.54, 1.807) is 14.0 Å². The molecule has 46 heavy (non-hydrogen) atoms. The van der Waals surface area contributed by atoms with Crippen molar-refractivity contribution in [2.45, 2.75) is 89.2 Å². The van der Waals surface area contributed by atoms with Gasteiger partial charge >= 0.3 is 11.7 Å². The van der Waals surface area contributed by atoms with E-state index >= 15 is 0 Å². The van der Waals surface area contributed by atoms with Gasteiger partial charge in [0.25, 0.3) is 5.56 Å². The van der Waals surface area contributed by atoms with Crippen molar-refractivity contribution < 1.29 is 28.9 Å². The van der Waals surface area contributed by atoms with Gasteiger partial charge in [-0.05, 0) is 88.7 Å². The topological polar surface area (TPSA) is 146 Å². The molecule has 3 fully saturated rings. The van der Waals surface area contributed by atoms with Gasteiger partial charge in [0.1, 0.15) is 28.5 Å². The molecule has 0 saturated heterocycles. The van der Waals surface area contributed by atoms with Crippen LogP contribution >= 0.6 is 11.3 Å². The smallest absolute Gasteiger partial charge is 0.333 e. The molecule has 0 radical (unpaired) electrons. The summed E-state index contributed by atoms with van der Waals surface area (Å²) in [6.45, 7) is 4.45. The van der Waals surface area contributed by atoms with Crippen molar-refractivity contribution >= 4 is 27.5 Å². The quantitative estimate of drug-likeness (QED) is 0.240. The number of hydrogen-bond acceptors (Lipinski definition) is 9. The van der Waals surface area contributed by atoms with E-state index in [0.29, 0.717) is 44.7 Å². The van der Waals surface area contributed by atoms with Gasteiger partial charge in [0.15, 0.2) is 0 Å². The second-order valence-electron chi connectivity index (χ2n) is 13.7. The van der Waals surface area contributed by atoms with Gasteiger partial charge in [-0.3, -0.25) is 9.36 Å². The van der Waals surface area contributed by atoms with Crippen LogP contribution in [0.5, 0.6) is 5.75 Å². The molecule has 3 aliphatic rings. The van der Waals surface area contributed by atoms with E-state index in [0.717, 1.165) is 48.7 Å². The first-order valence-electron chi connectivity index (χ1n) is 15.9. The molecule has 3 aromatic heterocycles. The summed E-state index contributed by atoms with van der Waals surface area (Å²) in [5, 5.41) is 21.6. The Morgan fingerprint density at radius 1 is 1.20 bits per heavy atom. The zero-order valence-corrected chi connectivity index (χ0v) is 27.2. The van der Waals surface area contributed by atoms with Crippen molar-refractivity contribution in [3.8, 4) is 16.5 Å². The lowest BCUT2D eigenvalue weighted by Crippen LogP contribution is -2.52. The Morgan fingerprint density at radius 3 is 2.50 bits per heavy atom. The van der Waals surface area contributed by atoms with Crippen molar-refractivity contribution in [3.63, 3.8) is 0 Å². The van der Waals surface area contributed by atoms with Crippen LogP contribution in [0.1, 0.15) is 69.6 Å². The third kappa shape index (κ3) is 5.01. The molecule has 3 atom stereocenters. The lowest BCUT2D eigenvalue weighted by atomic mass is 9.92. The number of carboxylic acids is 1. The molecule has 3 unspecified atom stereocenters. The first-order chi connectivity index (χ1) is 21.9. The molecule has 0 bridgehead atoms. The van der Waals surface area contributed by atoms with Gasteiger partial charge in [-0.15, -0.1) is 11.3 Å². The summed E-state index contributed by atoms with van der Waals surface area (Å²) in [7, 11) is 1.58. The van der Waals surface area contributed by atoms with Crippen LogP contribution in [0, 0.1) is 24.7 Å². The molecule has 7 rings (SSSR count). The Balaban J connectivity index is 1.33. The maximum atomic E-state index is 14.3. The number of rotatable bonds is 10. The summed E-state index contributed by atoms with van der Waals surface area (Å²) in [5.74, 6) is 0.784. The van der Waals surface area contributed by atoms with E-state index < -0.39 is 34.5 Å². The van der Waals surface area contributed by atoms with Gasteiger partial charge in [-0.2, -0.15) is 0 Å². The van der Waals surface area contributed by atoms with Gasteiger partial charge in [0, 0.05) is 5.56 Å². The summed E-state index contributed by atoms with van der Waals surface area (Å²) in [6.07, 6.45) is 7.62. The Morgan fingerprint density at radius 2 is 1.89 bits per heavy atom. The molecule has 2 N–H and O–H groups in total. The summed E-state index contributed by atoms with van der Waals surface area (Å²) >= 11 is 1.21. The molecule has 4 aromatic rings. The third-order valence-corrected chi connectivity index (χ3v) is 11.8. The maximum absolute atomic E-state index is 14.3. The largest absolute Gasteiger partial charge is 0.496 e. The Labute approximate surface area is 269 Å². The van der Waals surface area contributed by atoms with E-state index in [9.17, 15) is 24.6 Å². The SMILES string of the molecule is COc1ccccc1C(Cn1c(=O)n(C(C)(C)C(=O)O)c(=O)c2c(C)c(-c3ncco3)sc21)OC1CC2CC(O)(C3CC3)CC2C1. The van der Waals surface area contributed by atoms with Crippen LogP contribution in [-0.2, 0) is 21.6 Å². The normalized spacial score (nSPS) is 25.2. The number of fused-ring (bicyclic) bond motifs is 2. The number of para-hydroxylation sites is 1. The first-order valence-corrected chi connectivity index (χ1v) is 16.7. The summed E-state index contributed by atoms with van der Waals surface area (Å²) < 4.78 is 20.5. The molecular formula is C34H39N3O8S. The molecule has 0 spiro atoms. The Bertz CT molecular complexity index is 1900. The van der Waals surface area contributed by atoms with E-state index in [2.05, 4.69) is 4.98 Å². The number of aliphatic hydroxyl groups is 1. The number of ether oxygens (including phenoxy) is 2. The number of carbonyl (C=O) groups is 1. The van der Waals surface area contributed by atoms with E-state index in [4.69, 9.17) is 13.9 Å². The number of aryl methyl sites for hydroxylation is 1. The van der Waals surface area contributed by atoms with Crippen LogP contribution < -0.4 is 16.0 Å². The van der Waals surface area contributed by atoms with Crippen molar-refractivity contribution in [3.05, 3.63) is 68.7 Å². The second-order valence-corrected chi connectivity index (χ2v) is 14.7. The zero-order chi connectivity index (χ0) is 32.5. The molecule has 11 nitrogen and oxygen atoms in total. The monoisotopic (exact) mass is 649 g/mol. The average Bonchev–Trinajstić information content (AvgIpc) is 3.29. The van der Waals surface area contributed by atoms with Crippen molar-refractivity contribution in [1.82, 2.24) is 14.1 Å². The number of aromatic nitrogens is 3. The predicted octanol–water partition coefficient (Wildman–Crippen LogP) is 5.10. The van der Waals surface area contributed by atoms with Crippen molar-refractivity contribution in [2.24, 2.45) is 17.8 Å². The van der Waals surface area contributed by atoms with Crippen LogP contribution in [-0.4, -0.2) is 49.1 Å². The molecule has 12 heteroatoms. The van der Waals surface area contributed by atoms with Gasteiger partial charge in [0.05, 0.1) is 41.8 Å². The van der Waals surface area contributed by atoms with E-state index in [1.165, 1.54) is 42.2 Å². The van der Waals surface area contributed by atoms with Crippen LogP contribution in [0.25, 0.3) is 21.0 Å². The molecular weight excluding hydrogens is 610 g/mol. The fourth-order valence-electron chi connectivity index (χ4n) is 7.89. The highest BCUT2D eigenvalue weighted by Gasteiger charge is 2.55. The van der Waals surface area contributed by atoms with Gasteiger partial charge in [-0.25, -0.2) is 19.1 Å². The lowest BCUT2D eigenvalue weighted by Gasteiger charge is -2.28. The number of nitrogens with zero attached hydrogens (tertiary/aromatic N) is 3. The Kier molecular flexibility index (Phi) is 7.52. The number of carboxylic acid groups (broad SMARTS) is 1. The van der Waals surface area contributed by atoms with Crippen LogP contribution in [0.2, 0.25) is 0 Å². The fraction of sp³-hybridized carbons (Fsp3) is 0.529. The second kappa shape index (κ2) is 11.2. The minimum absolute atomic E-state index is 0.00844. The first kappa shape index (κ1) is 30.9. The van der Waals surface area contributed by atoms with Gasteiger partial charge in [-0.1, -0.05) is 18.2 Å². The van der Waals surface area contributed by atoms with Crippen molar-refractivity contribution in [1.29, 1.82) is 0 Å². The summed E-state index contributed by atoms with van der Waals surface area (Å²) in [4.78, 5) is 46.0. The van der Waals surface area contributed by atoms with Crippen molar-refractivity contribution in [2.75, 3.05) is 7.11 Å². The molecule has 0 amide bonds. The van der Waals surface area contributed by atoms with Gasteiger partial charge in [0.2, 0.25) is 5.89 Å². The minimum atomic E-state index is -1.83. The highest BCUT2D eigenvalue weighted by molar-refractivity contribution is 7.22. The fourth-order valence-corrected chi connectivity index (χ4v) is 9.14. The van der Waals surface area contributed by atoms with Crippen LogP contribution in [0.15, 0.2) is 50.7 Å². The molecule has 0 aliphatic heterocycles. The summed E-state index contributed by atoms with van der Waals surface area (Å²) in [5.41, 5.74) is -2.51. The Hall–Kier alpha value is -3.74. The zero-order valence-electron chi connectivity index (χ0n) is 26.4. The maximum Gasteiger partial charge on any atom is 0.333 e. The number of aliphatic carboxylic acids is 1. The average molecular weight is 650 g/mol. The molecule has 3 saturated carbocycles. The highest BCUT2D eigenvalue weighted by Crippen LogP contribution is 2.57. The number of benzene rings is 1. The number of hydrogen-bond donors (Lipinski definition) is 2. The summed E-state index contributed by atoms with van der Waals surface area (Å²) in [6, 6.07) is 7.50. The number of oxazole rings is 1. The number of thiophene rings is 1. The van der Waals surface area contributed by atoms with E-state index in [-0.39, 0.29) is 18.0 Å². The molecule has 3 aliphatic carbocycles. The van der Waals surface area contributed by atoms with Crippen LogP contribution in [0.4, 0.5) is 0 Å².